The zero-order valence-corrected chi connectivity index (χ0v) is 17.4. The quantitative estimate of drug-likeness (QED) is 0.401. The fraction of sp³-hybridized carbons (Fsp3) is 0.150. The number of thiazole rings is 1. The summed E-state index contributed by atoms with van der Waals surface area (Å²) < 4.78 is 16.9. The second-order valence-corrected chi connectivity index (χ2v) is 7.18. The molecule has 0 aliphatic rings. The van der Waals surface area contributed by atoms with Crippen LogP contribution < -0.4 is 30.6 Å². The lowest BCUT2D eigenvalue weighted by atomic mass is 10.2. The van der Waals surface area contributed by atoms with Gasteiger partial charge in [0.25, 0.3) is 0 Å². The van der Waals surface area contributed by atoms with Gasteiger partial charge in [0.1, 0.15) is 29.3 Å². The minimum absolute atomic E-state index is 0.346. The number of nitrogens with zero attached hydrogens (tertiary/aromatic N) is 3. The van der Waals surface area contributed by atoms with Gasteiger partial charge in [0.05, 0.1) is 37.2 Å². The predicted octanol–water partition coefficient (Wildman–Crippen LogP) is 4.18. The van der Waals surface area contributed by atoms with E-state index in [2.05, 4.69) is 25.6 Å². The Bertz CT molecular complexity index is 1200. The Kier molecular flexibility index (Phi) is 5.40. The Morgan fingerprint density at radius 1 is 0.867 bits per heavy atom. The van der Waals surface area contributed by atoms with Gasteiger partial charge >= 0.3 is 0 Å². The summed E-state index contributed by atoms with van der Waals surface area (Å²) in [6.07, 6.45) is 1.42. The minimum atomic E-state index is 0.346. The van der Waals surface area contributed by atoms with Crippen molar-refractivity contribution in [3.8, 4) is 17.2 Å². The van der Waals surface area contributed by atoms with Crippen LogP contribution in [0.25, 0.3) is 10.2 Å². The molecular weight excluding hydrogens is 404 g/mol. The van der Waals surface area contributed by atoms with Crippen LogP contribution in [0.3, 0.4) is 0 Å². The predicted molar refractivity (Wildman–Crippen MR) is 119 cm³/mol. The minimum Gasteiger partial charge on any atom is -0.497 e. The lowest BCUT2D eigenvalue weighted by Crippen LogP contribution is -2.05. The highest BCUT2D eigenvalue weighted by molar-refractivity contribution is 7.22. The van der Waals surface area contributed by atoms with E-state index < -0.39 is 0 Å². The second kappa shape index (κ2) is 8.29. The van der Waals surface area contributed by atoms with Gasteiger partial charge in [-0.1, -0.05) is 11.3 Å². The van der Waals surface area contributed by atoms with Gasteiger partial charge in [0.15, 0.2) is 16.8 Å². The molecular formula is C20H20N6O3S. The lowest BCUT2D eigenvalue weighted by Gasteiger charge is -2.14. The van der Waals surface area contributed by atoms with E-state index in [0.29, 0.717) is 39.6 Å². The molecule has 4 N–H and O–H groups in total. The van der Waals surface area contributed by atoms with E-state index in [4.69, 9.17) is 19.9 Å². The summed E-state index contributed by atoms with van der Waals surface area (Å²) in [6, 6.07) is 11.1. The maximum Gasteiger partial charge on any atom is 0.189 e. The summed E-state index contributed by atoms with van der Waals surface area (Å²) in [6.45, 7) is 0. The number of nitrogen functional groups attached to an aromatic ring is 1. The molecule has 0 bridgehead atoms. The van der Waals surface area contributed by atoms with Gasteiger partial charge in [0, 0.05) is 6.07 Å². The van der Waals surface area contributed by atoms with Crippen molar-refractivity contribution in [2.45, 2.75) is 0 Å². The van der Waals surface area contributed by atoms with Crippen molar-refractivity contribution in [2.24, 2.45) is 0 Å². The first kappa shape index (κ1) is 19.5. The van der Waals surface area contributed by atoms with Gasteiger partial charge in [0.2, 0.25) is 0 Å². The first-order valence-corrected chi connectivity index (χ1v) is 9.74. The van der Waals surface area contributed by atoms with E-state index in [9.17, 15) is 0 Å². The standard InChI is InChI=1S/C20H20N6O3S/c1-27-11-5-7-15(29-3)14(8-11)24-18-17(21)19(23-10-22-18)26-20-25-13-6-4-12(28-2)9-16(13)30-20/h4-10H,21H2,1-3H3,(H2,22,23,24,25,26). The molecule has 9 nitrogen and oxygen atoms in total. The highest BCUT2D eigenvalue weighted by atomic mass is 32.1. The third-order valence-electron chi connectivity index (χ3n) is 4.36. The van der Waals surface area contributed by atoms with Crippen LogP contribution in [-0.4, -0.2) is 36.3 Å². The Morgan fingerprint density at radius 3 is 2.30 bits per heavy atom. The van der Waals surface area contributed by atoms with Crippen LogP contribution in [0.1, 0.15) is 0 Å². The first-order valence-electron chi connectivity index (χ1n) is 8.92. The molecule has 2 aromatic carbocycles. The number of methoxy groups -OCH3 is 3. The summed E-state index contributed by atoms with van der Waals surface area (Å²) >= 11 is 1.48. The summed E-state index contributed by atoms with van der Waals surface area (Å²) in [4.78, 5) is 13.1. The number of benzene rings is 2. The molecule has 4 aromatic rings. The maximum atomic E-state index is 6.32. The molecule has 0 radical (unpaired) electrons. The van der Waals surface area contributed by atoms with Crippen LogP contribution in [0.5, 0.6) is 17.2 Å². The number of hydrogen-bond donors (Lipinski definition) is 3. The smallest absolute Gasteiger partial charge is 0.189 e. The normalized spacial score (nSPS) is 10.6. The topological polar surface area (TPSA) is 116 Å². The van der Waals surface area contributed by atoms with Crippen LogP contribution in [-0.2, 0) is 0 Å². The molecule has 0 spiro atoms. The van der Waals surface area contributed by atoms with E-state index >= 15 is 0 Å². The van der Waals surface area contributed by atoms with Gasteiger partial charge < -0.3 is 30.6 Å². The van der Waals surface area contributed by atoms with Crippen LogP contribution in [0.15, 0.2) is 42.7 Å². The maximum absolute atomic E-state index is 6.32. The Balaban J connectivity index is 1.62. The Hall–Kier alpha value is -3.79. The van der Waals surface area contributed by atoms with Gasteiger partial charge in [-0.05, 0) is 30.3 Å². The summed E-state index contributed by atoms with van der Waals surface area (Å²) in [5.74, 6) is 2.96. The third-order valence-corrected chi connectivity index (χ3v) is 5.30. The average Bonchev–Trinajstić information content (AvgIpc) is 3.17. The summed E-state index contributed by atoms with van der Waals surface area (Å²) in [7, 11) is 4.82. The van der Waals surface area contributed by atoms with Crippen LogP contribution in [0.4, 0.5) is 28.1 Å². The first-order chi connectivity index (χ1) is 14.6. The number of ether oxygens (including phenoxy) is 3. The van der Waals surface area contributed by atoms with E-state index in [1.807, 2.05) is 24.3 Å². The van der Waals surface area contributed by atoms with Crippen molar-refractivity contribution in [1.29, 1.82) is 0 Å². The number of nitrogens with two attached hydrogens (primary N) is 1. The number of fused-ring (bicyclic) bond motifs is 1. The fourth-order valence-corrected chi connectivity index (χ4v) is 3.71. The lowest BCUT2D eigenvalue weighted by molar-refractivity contribution is 0.405. The molecule has 0 aliphatic carbocycles. The average molecular weight is 424 g/mol. The highest BCUT2D eigenvalue weighted by Gasteiger charge is 2.14. The van der Waals surface area contributed by atoms with E-state index in [0.717, 1.165) is 16.0 Å². The molecule has 30 heavy (non-hydrogen) atoms. The van der Waals surface area contributed by atoms with E-state index in [1.54, 1.807) is 33.5 Å². The van der Waals surface area contributed by atoms with Crippen molar-refractivity contribution in [1.82, 2.24) is 15.0 Å². The summed E-state index contributed by atoms with van der Waals surface area (Å²) in [5.41, 5.74) is 8.19. The summed E-state index contributed by atoms with van der Waals surface area (Å²) in [5, 5.41) is 7.01. The molecule has 154 valence electrons. The number of anilines is 5. The van der Waals surface area contributed by atoms with Crippen LogP contribution in [0.2, 0.25) is 0 Å². The van der Waals surface area contributed by atoms with Crippen molar-refractivity contribution in [3.05, 3.63) is 42.7 Å². The number of nitrogens with one attached hydrogen (secondary N) is 2. The monoisotopic (exact) mass is 424 g/mol. The largest absolute Gasteiger partial charge is 0.497 e. The number of hydrogen-bond acceptors (Lipinski definition) is 10. The number of aromatic nitrogens is 3. The Morgan fingerprint density at radius 2 is 1.57 bits per heavy atom. The fourth-order valence-electron chi connectivity index (χ4n) is 2.82. The molecule has 0 unspecified atom stereocenters. The molecule has 2 aromatic heterocycles. The second-order valence-electron chi connectivity index (χ2n) is 6.15. The molecule has 0 saturated carbocycles. The van der Waals surface area contributed by atoms with Crippen molar-refractivity contribution < 1.29 is 14.2 Å². The van der Waals surface area contributed by atoms with Gasteiger partial charge in [-0.25, -0.2) is 15.0 Å². The molecule has 0 aliphatic heterocycles. The SMILES string of the molecule is COc1ccc(OC)c(Nc2ncnc(Nc3nc4ccc(OC)cc4s3)c2N)c1. The zero-order chi connectivity index (χ0) is 21.1. The molecule has 0 amide bonds. The van der Waals surface area contributed by atoms with Crippen molar-refractivity contribution in [2.75, 3.05) is 37.7 Å². The van der Waals surface area contributed by atoms with E-state index in [-0.39, 0.29) is 0 Å². The Labute approximate surface area is 176 Å². The molecule has 0 atom stereocenters. The van der Waals surface area contributed by atoms with Crippen LogP contribution >= 0.6 is 11.3 Å². The van der Waals surface area contributed by atoms with Gasteiger partial charge in [-0.2, -0.15) is 0 Å². The molecule has 0 fully saturated rings. The molecule has 2 heterocycles. The number of rotatable bonds is 7. The van der Waals surface area contributed by atoms with Gasteiger partial charge in [-0.3, -0.25) is 0 Å². The van der Waals surface area contributed by atoms with Crippen molar-refractivity contribution >= 4 is 49.7 Å². The highest BCUT2D eigenvalue weighted by Crippen LogP contribution is 2.36. The van der Waals surface area contributed by atoms with Crippen LogP contribution in [0, 0.1) is 0 Å². The van der Waals surface area contributed by atoms with E-state index in [1.165, 1.54) is 17.7 Å². The van der Waals surface area contributed by atoms with Gasteiger partial charge in [-0.15, -0.1) is 0 Å². The third kappa shape index (κ3) is 3.85. The molecule has 0 saturated heterocycles. The molecule has 4 rings (SSSR count). The zero-order valence-electron chi connectivity index (χ0n) is 16.6. The molecule has 10 heteroatoms. The van der Waals surface area contributed by atoms with Crippen molar-refractivity contribution in [3.63, 3.8) is 0 Å².